The maximum absolute atomic E-state index is 13.4. The predicted molar refractivity (Wildman–Crippen MR) is 125 cm³/mol. The first-order chi connectivity index (χ1) is 15.9. The monoisotopic (exact) mass is 436 g/mol. The quantitative estimate of drug-likeness (QED) is 0.428. The number of ketones is 1. The molecule has 0 radical (unpaired) electrons. The zero-order valence-electron chi connectivity index (χ0n) is 18.9. The number of Topliss-reactive ketones (excluding diaryl/α,β-unsaturated/α-hetero) is 1. The Morgan fingerprint density at radius 3 is 2.55 bits per heavy atom. The summed E-state index contributed by atoms with van der Waals surface area (Å²) < 4.78 is 7.99. The summed E-state index contributed by atoms with van der Waals surface area (Å²) in [6.07, 6.45) is 2.83. The van der Waals surface area contributed by atoms with Crippen LogP contribution in [-0.2, 0) is 4.79 Å². The van der Waals surface area contributed by atoms with Crippen molar-refractivity contribution in [3.8, 4) is 17.3 Å². The van der Waals surface area contributed by atoms with Gasteiger partial charge in [-0.05, 0) is 17.9 Å². The van der Waals surface area contributed by atoms with E-state index in [1.54, 1.807) is 10.8 Å². The maximum Gasteiger partial charge on any atom is 0.228 e. The SMILES string of the molecule is Cc1ccc(-c2nc3c4c(ncn3n2)OC2=C(C(=O)CC(C)(C)C2)[C@@H]4c2ccccc2)cc1. The van der Waals surface area contributed by atoms with Crippen LogP contribution in [0.1, 0.15) is 49.3 Å². The first kappa shape index (κ1) is 19.9. The lowest BCUT2D eigenvalue weighted by Gasteiger charge is -2.37. The first-order valence-electron chi connectivity index (χ1n) is 11.2. The summed E-state index contributed by atoms with van der Waals surface area (Å²) in [7, 11) is 0. The van der Waals surface area contributed by atoms with E-state index in [1.165, 1.54) is 5.56 Å². The summed E-state index contributed by atoms with van der Waals surface area (Å²) in [6, 6.07) is 18.2. The number of carbonyl (C=O) groups excluding carboxylic acids is 1. The second-order valence-corrected chi connectivity index (χ2v) is 9.76. The molecule has 1 atom stereocenters. The van der Waals surface area contributed by atoms with Crippen molar-refractivity contribution >= 4 is 11.4 Å². The molecule has 0 bridgehead atoms. The summed E-state index contributed by atoms with van der Waals surface area (Å²) in [5, 5.41) is 4.68. The van der Waals surface area contributed by atoms with Gasteiger partial charge in [0, 0.05) is 29.9 Å². The summed E-state index contributed by atoms with van der Waals surface area (Å²) in [5.74, 6) is 1.69. The molecule has 0 fully saturated rings. The lowest BCUT2D eigenvalue weighted by atomic mass is 9.70. The molecule has 0 N–H and O–H groups in total. The Morgan fingerprint density at radius 2 is 1.79 bits per heavy atom. The lowest BCUT2D eigenvalue weighted by molar-refractivity contribution is -0.118. The molecule has 33 heavy (non-hydrogen) atoms. The molecule has 2 aromatic heterocycles. The second-order valence-electron chi connectivity index (χ2n) is 9.76. The van der Waals surface area contributed by atoms with Crippen LogP contribution in [-0.4, -0.2) is 25.4 Å². The van der Waals surface area contributed by atoms with Crippen LogP contribution in [0.5, 0.6) is 5.88 Å². The van der Waals surface area contributed by atoms with Crippen LogP contribution in [0.25, 0.3) is 17.0 Å². The molecule has 6 nitrogen and oxygen atoms in total. The zero-order valence-corrected chi connectivity index (χ0v) is 18.9. The van der Waals surface area contributed by atoms with Crippen molar-refractivity contribution < 1.29 is 9.53 Å². The van der Waals surface area contributed by atoms with Gasteiger partial charge in [0.25, 0.3) is 0 Å². The van der Waals surface area contributed by atoms with Crippen LogP contribution in [0.2, 0.25) is 0 Å². The Labute approximate surface area is 192 Å². The average molecular weight is 437 g/mol. The van der Waals surface area contributed by atoms with Gasteiger partial charge in [-0.3, -0.25) is 4.79 Å². The number of hydrogen-bond acceptors (Lipinski definition) is 5. The summed E-state index contributed by atoms with van der Waals surface area (Å²) in [4.78, 5) is 22.9. The van der Waals surface area contributed by atoms with E-state index >= 15 is 0 Å². The largest absolute Gasteiger partial charge is 0.442 e. The molecule has 0 unspecified atom stereocenters. The maximum atomic E-state index is 13.4. The highest BCUT2D eigenvalue weighted by Crippen LogP contribution is 2.50. The van der Waals surface area contributed by atoms with Crippen LogP contribution in [0.4, 0.5) is 0 Å². The average Bonchev–Trinajstić information content (AvgIpc) is 3.22. The van der Waals surface area contributed by atoms with E-state index in [9.17, 15) is 4.79 Å². The van der Waals surface area contributed by atoms with Crippen LogP contribution < -0.4 is 4.74 Å². The smallest absolute Gasteiger partial charge is 0.228 e. The van der Waals surface area contributed by atoms with Crippen LogP contribution in [0.15, 0.2) is 72.3 Å². The molecule has 3 heterocycles. The van der Waals surface area contributed by atoms with Crippen molar-refractivity contribution in [3.63, 3.8) is 0 Å². The molecule has 2 aromatic carbocycles. The van der Waals surface area contributed by atoms with E-state index in [0.717, 1.165) is 28.0 Å². The van der Waals surface area contributed by atoms with Gasteiger partial charge in [0.05, 0.1) is 5.56 Å². The highest BCUT2D eigenvalue weighted by atomic mass is 16.5. The van der Waals surface area contributed by atoms with Gasteiger partial charge < -0.3 is 4.74 Å². The fourth-order valence-corrected chi connectivity index (χ4v) is 4.95. The Bertz CT molecular complexity index is 1430. The van der Waals surface area contributed by atoms with Gasteiger partial charge in [-0.15, -0.1) is 5.10 Å². The van der Waals surface area contributed by atoms with E-state index in [4.69, 9.17) is 9.72 Å². The highest BCUT2D eigenvalue weighted by Gasteiger charge is 2.43. The van der Waals surface area contributed by atoms with Crippen molar-refractivity contribution in [1.29, 1.82) is 0 Å². The topological polar surface area (TPSA) is 69.4 Å². The van der Waals surface area contributed by atoms with Crippen molar-refractivity contribution in [2.45, 2.75) is 39.5 Å². The third-order valence-corrected chi connectivity index (χ3v) is 6.51. The fourth-order valence-electron chi connectivity index (χ4n) is 4.95. The van der Waals surface area contributed by atoms with Crippen molar-refractivity contribution in [1.82, 2.24) is 19.6 Å². The van der Waals surface area contributed by atoms with Gasteiger partial charge in [-0.2, -0.15) is 0 Å². The van der Waals surface area contributed by atoms with Gasteiger partial charge in [-0.1, -0.05) is 74.0 Å². The van der Waals surface area contributed by atoms with Gasteiger partial charge in [0.1, 0.15) is 12.1 Å². The van der Waals surface area contributed by atoms with E-state index < -0.39 is 0 Å². The molecule has 0 amide bonds. The molecule has 1 aliphatic heterocycles. The first-order valence-corrected chi connectivity index (χ1v) is 11.2. The summed E-state index contributed by atoms with van der Waals surface area (Å²) >= 11 is 0. The van der Waals surface area contributed by atoms with Crippen LogP contribution >= 0.6 is 0 Å². The number of ether oxygens (including phenoxy) is 1. The summed E-state index contributed by atoms with van der Waals surface area (Å²) in [5.41, 5.74) is 5.17. The minimum atomic E-state index is -0.292. The van der Waals surface area contributed by atoms with Crippen molar-refractivity contribution in [2.24, 2.45) is 5.41 Å². The Kier molecular flexibility index (Phi) is 4.27. The number of rotatable bonds is 2. The minimum Gasteiger partial charge on any atom is -0.442 e. The molecule has 0 saturated heterocycles. The standard InChI is InChI=1S/C27H24N4O2/c1-16-9-11-18(12-10-16)24-29-25-23-21(17-7-5-4-6-8-17)22-19(32)13-27(2,3)14-20(22)33-26(23)28-15-31(25)30-24/h4-12,15,21H,13-14H2,1-3H3/t21-/m0/s1. The Hall–Kier alpha value is -3.80. The zero-order chi connectivity index (χ0) is 22.7. The molecule has 4 aromatic rings. The fraction of sp³-hybridized carbons (Fsp3) is 0.259. The highest BCUT2D eigenvalue weighted by molar-refractivity contribution is 6.00. The third kappa shape index (κ3) is 3.25. The van der Waals surface area contributed by atoms with E-state index in [1.807, 2.05) is 42.5 Å². The number of carbonyl (C=O) groups is 1. The van der Waals surface area contributed by atoms with Gasteiger partial charge in [0.2, 0.25) is 5.88 Å². The Morgan fingerprint density at radius 1 is 1.03 bits per heavy atom. The normalized spacial score (nSPS) is 19.2. The number of allylic oxidation sites excluding steroid dienone is 2. The number of benzene rings is 2. The van der Waals surface area contributed by atoms with Crippen LogP contribution in [0.3, 0.4) is 0 Å². The molecule has 164 valence electrons. The molecule has 0 spiro atoms. The number of aromatic nitrogens is 4. The predicted octanol–water partition coefficient (Wildman–Crippen LogP) is 5.27. The second kappa shape index (κ2) is 7.10. The lowest BCUT2D eigenvalue weighted by Crippen LogP contribution is -2.33. The molecule has 6 heteroatoms. The Balaban J connectivity index is 1.59. The van der Waals surface area contributed by atoms with Crippen molar-refractivity contribution in [3.05, 3.63) is 88.9 Å². The molecule has 0 saturated carbocycles. The van der Waals surface area contributed by atoms with Gasteiger partial charge in [-0.25, -0.2) is 14.5 Å². The van der Waals surface area contributed by atoms with Gasteiger partial charge >= 0.3 is 0 Å². The van der Waals surface area contributed by atoms with E-state index in [0.29, 0.717) is 30.2 Å². The molecular formula is C27H24N4O2. The van der Waals surface area contributed by atoms with E-state index in [-0.39, 0.29) is 17.1 Å². The van der Waals surface area contributed by atoms with Crippen molar-refractivity contribution in [2.75, 3.05) is 0 Å². The van der Waals surface area contributed by atoms with E-state index in [2.05, 4.69) is 43.0 Å². The van der Waals surface area contributed by atoms with Gasteiger partial charge in [0.15, 0.2) is 17.3 Å². The third-order valence-electron chi connectivity index (χ3n) is 6.51. The number of hydrogen-bond donors (Lipinski definition) is 0. The molecule has 1 aliphatic carbocycles. The number of aryl methyl sites for hydroxylation is 1. The molecule has 2 aliphatic rings. The molecule has 6 rings (SSSR count). The minimum absolute atomic E-state index is 0.126. The number of nitrogens with zero attached hydrogens (tertiary/aromatic N) is 4. The summed E-state index contributed by atoms with van der Waals surface area (Å²) in [6.45, 7) is 6.26. The molecular weight excluding hydrogens is 412 g/mol. The number of fused-ring (bicyclic) bond motifs is 3. The van der Waals surface area contributed by atoms with Crippen LogP contribution in [0, 0.1) is 12.3 Å².